The molecule has 2 heterocycles. The summed E-state index contributed by atoms with van der Waals surface area (Å²) in [6.45, 7) is 1.95. The van der Waals surface area contributed by atoms with E-state index >= 15 is 0 Å². The first-order valence-electron chi connectivity index (χ1n) is 5.65. The van der Waals surface area contributed by atoms with E-state index in [0.717, 1.165) is 5.57 Å². The number of hydrogen-bond donors (Lipinski definition) is 1. The molecule has 2 rings (SSSR count). The first-order chi connectivity index (χ1) is 10.5. The molecule has 0 saturated heterocycles. The minimum Gasteiger partial charge on any atom is -0.753 e. The summed E-state index contributed by atoms with van der Waals surface area (Å²) in [5.74, 6) is -0.962. The van der Waals surface area contributed by atoms with Gasteiger partial charge >= 0.3 is 25.4 Å². The predicted octanol–water partition coefficient (Wildman–Crippen LogP) is 4.27. The Labute approximate surface area is 157 Å². The molecule has 0 aromatic rings. The Balaban J connectivity index is 0. The van der Waals surface area contributed by atoms with Crippen LogP contribution >= 0.6 is 24.4 Å². The average molecular weight is 431 g/mol. The summed E-state index contributed by atoms with van der Waals surface area (Å²) in [7, 11) is 0. The van der Waals surface area contributed by atoms with Crippen molar-refractivity contribution >= 4 is 40.7 Å². The molecule has 1 N–H and O–H groups in total. The van der Waals surface area contributed by atoms with Crippen molar-refractivity contribution in [3.05, 3.63) is 80.7 Å². The number of allylic oxidation sites excluding steroid dienone is 4. The van der Waals surface area contributed by atoms with Crippen LogP contribution in [0.2, 0.25) is 0 Å². The smallest absolute Gasteiger partial charge is 0.753 e. The zero-order valence-electron chi connectivity index (χ0n) is 11.8. The monoisotopic (exact) mass is 432 g/mol. The first-order valence-corrected chi connectivity index (χ1v) is 6.46. The molecule has 0 aliphatic carbocycles. The molecule has 2 aliphatic rings. The number of rotatable bonds is 1. The van der Waals surface area contributed by atoms with Gasteiger partial charge in [0.25, 0.3) is 0 Å². The Morgan fingerprint density at radius 3 is 1.96 bits per heavy atom. The van der Waals surface area contributed by atoms with Gasteiger partial charge in [-0.15, -0.1) is 0 Å². The van der Waals surface area contributed by atoms with Gasteiger partial charge in [0, 0.05) is 0 Å². The van der Waals surface area contributed by atoms with Crippen molar-refractivity contribution in [2.75, 3.05) is 0 Å². The van der Waals surface area contributed by atoms with Crippen molar-refractivity contribution < 1.29 is 29.4 Å². The SMILES string of the molecule is CC1=CC(=C2C=C(C(=O)O)C=C[N-]2)[N-]C=C1.[N-]=C=S.[N-]=C=S.[Ru+4]. The second-order valence-corrected chi connectivity index (χ2v) is 4.00. The van der Waals surface area contributed by atoms with Crippen LogP contribution in [0.4, 0.5) is 0 Å². The zero-order valence-corrected chi connectivity index (χ0v) is 15.1. The maximum absolute atomic E-state index is 10.8. The fraction of sp³-hybridized carbons (Fsp3) is 0.0714. The van der Waals surface area contributed by atoms with E-state index in [1.54, 1.807) is 6.20 Å². The van der Waals surface area contributed by atoms with Crippen molar-refractivity contribution in [3.8, 4) is 0 Å². The quantitative estimate of drug-likeness (QED) is 0.380. The molecule has 0 fully saturated rings. The Bertz CT molecular complexity index is 640. The third kappa shape index (κ3) is 9.58. The van der Waals surface area contributed by atoms with Crippen LogP contribution in [0, 0.1) is 0 Å². The number of carboxylic acid groups (broad SMARTS) is 1. The minimum atomic E-state index is -0.962. The Hall–Kier alpha value is -2.01. The molecule has 0 spiro atoms. The van der Waals surface area contributed by atoms with Crippen LogP contribution in [-0.4, -0.2) is 21.4 Å². The van der Waals surface area contributed by atoms with E-state index in [4.69, 9.17) is 15.9 Å². The molecule has 2 aliphatic heterocycles. The molecule has 23 heavy (non-hydrogen) atoms. The number of hydrogen-bond acceptors (Lipinski definition) is 3. The van der Waals surface area contributed by atoms with Crippen LogP contribution < -0.4 is 0 Å². The van der Waals surface area contributed by atoms with Gasteiger partial charge in [-0.1, -0.05) is 54.3 Å². The molecule has 9 heteroatoms. The second kappa shape index (κ2) is 13.6. The zero-order chi connectivity index (χ0) is 17.0. The van der Waals surface area contributed by atoms with E-state index in [1.807, 2.05) is 19.1 Å². The standard InChI is InChI=1S/C12H10N2O2.2CNS.Ru/c1-8-2-4-13-10(6-8)11-7-9(12(15)16)3-5-14-11;2*2-1-3;/h2-7H,1H3,(H,15,16);;;/q-2;2*-1;+4. The molecule has 6 nitrogen and oxygen atoms in total. The van der Waals surface area contributed by atoms with Crippen molar-refractivity contribution in [3.63, 3.8) is 0 Å². The van der Waals surface area contributed by atoms with Crippen LogP contribution in [0.3, 0.4) is 0 Å². The van der Waals surface area contributed by atoms with Gasteiger partial charge in [0.15, 0.2) is 0 Å². The maximum atomic E-state index is 10.8. The summed E-state index contributed by atoms with van der Waals surface area (Å²) in [5, 5.41) is 34.1. The first kappa shape index (κ1) is 23.3. The molecule has 0 atom stereocenters. The average Bonchev–Trinajstić information content (AvgIpc) is 2.49. The Kier molecular flexibility index (Phi) is 13.8. The molecule has 0 radical (unpaired) electrons. The summed E-state index contributed by atoms with van der Waals surface area (Å²) in [6.07, 6.45) is 9.88. The van der Waals surface area contributed by atoms with Gasteiger partial charge in [0.2, 0.25) is 0 Å². The number of thiocarbonyl (C=S) groups is 2. The molecule has 0 aromatic heterocycles. The van der Waals surface area contributed by atoms with Crippen LogP contribution in [0.15, 0.2) is 59.2 Å². The minimum absolute atomic E-state index is 0. The molecule has 118 valence electrons. The molecule has 0 aromatic carbocycles. The van der Waals surface area contributed by atoms with Gasteiger partial charge in [-0.2, -0.15) is 34.1 Å². The van der Waals surface area contributed by atoms with Crippen LogP contribution in [0.25, 0.3) is 21.5 Å². The largest absolute Gasteiger partial charge is 4.00 e. The third-order valence-electron chi connectivity index (χ3n) is 2.18. The van der Waals surface area contributed by atoms with E-state index in [-0.39, 0.29) is 25.1 Å². The molecule has 0 saturated carbocycles. The van der Waals surface area contributed by atoms with E-state index in [9.17, 15) is 4.79 Å². The van der Waals surface area contributed by atoms with Crippen molar-refractivity contribution in [2.24, 2.45) is 0 Å². The number of carboxylic acids is 1. The third-order valence-corrected chi connectivity index (χ3v) is 2.18. The van der Waals surface area contributed by atoms with Gasteiger partial charge in [-0.25, -0.2) is 4.79 Å². The van der Waals surface area contributed by atoms with Gasteiger partial charge in [0.1, 0.15) is 0 Å². The van der Waals surface area contributed by atoms with E-state index in [2.05, 4.69) is 35.1 Å². The van der Waals surface area contributed by atoms with Crippen molar-refractivity contribution in [1.29, 1.82) is 0 Å². The number of nitrogens with zero attached hydrogens (tertiary/aromatic N) is 4. The van der Waals surface area contributed by atoms with Crippen LogP contribution in [-0.2, 0) is 24.3 Å². The topological polar surface area (TPSA) is 110 Å². The number of carbonyl (C=O) groups is 1. The second-order valence-electron chi connectivity index (χ2n) is 3.64. The van der Waals surface area contributed by atoms with Gasteiger partial charge in [-0.05, 0) is 6.92 Å². The number of aliphatic carboxylic acids is 1. The van der Waals surface area contributed by atoms with E-state index in [1.165, 1.54) is 28.7 Å². The maximum Gasteiger partial charge on any atom is 4.00 e. The van der Waals surface area contributed by atoms with Crippen molar-refractivity contribution in [1.82, 2.24) is 0 Å². The fourth-order valence-corrected chi connectivity index (χ4v) is 1.38. The summed E-state index contributed by atoms with van der Waals surface area (Å²) < 4.78 is 0. The summed E-state index contributed by atoms with van der Waals surface area (Å²) in [4.78, 5) is 10.8. The molecule has 0 amide bonds. The molecule has 0 bridgehead atoms. The number of isothiocyanates is 2. The molecular formula is C14H10N4O2RuS2. The summed E-state index contributed by atoms with van der Waals surface area (Å²) in [6, 6.07) is 0. The van der Waals surface area contributed by atoms with E-state index < -0.39 is 5.97 Å². The Morgan fingerprint density at radius 1 is 1.09 bits per heavy atom. The predicted molar refractivity (Wildman–Crippen MR) is 93.4 cm³/mol. The summed E-state index contributed by atoms with van der Waals surface area (Å²) >= 11 is 7.40. The molecular weight excluding hydrogens is 421 g/mol. The Morgan fingerprint density at radius 2 is 1.52 bits per heavy atom. The molecule has 0 unspecified atom stereocenters. The van der Waals surface area contributed by atoms with Gasteiger partial charge < -0.3 is 26.6 Å². The van der Waals surface area contributed by atoms with E-state index in [0.29, 0.717) is 11.4 Å². The normalized spacial score (nSPS) is 16.7. The van der Waals surface area contributed by atoms with Gasteiger partial charge in [0.05, 0.1) is 5.57 Å². The van der Waals surface area contributed by atoms with Crippen LogP contribution in [0.5, 0.6) is 0 Å². The van der Waals surface area contributed by atoms with Crippen LogP contribution in [0.1, 0.15) is 6.92 Å². The summed E-state index contributed by atoms with van der Waals surface area (Å²) in [5.41, 5.74) is 2.53. The van der Waals surface area contributed by atoms with Gasteiger partial charge in [-0.3, -0.25) is 0 Å². The fourth-order valence-electron chi connectivity index (χ4n) is 1.38. The van der Waals surface area contributed by atoms with Crippen molar-refractivity contribution in [2.45, 2.75) is 6.92 Å².